The van der Waals surface area contributed by atoms with Gasteiger partial charge in [0.2, 0.25) is 5.91 Å². The van der Waals surface area contributed by atoms with Crippen molar-refractivity contribution in [2.24, 2.45) is 5.92 Å². The van der Waals surface area contributed by atoms with Gasteiger partial charge in [-0.15, -0.1) is 16.7 Å². The summed E-state index contributed by atoms with van der Waals surface area (Å²) in [5.41, 5.74) is 2.75. The van der Waals surface area contributed by atoms with Crippen molar-refractivity contribution in [2.75, 3.05) is 10.8 Å². The van der Waals surface area contributed by atoms with E-state index < -0.39 is 0 Å². The third kappa shape index (κ3) is 3.65. The van der Waals surface area contributed by atoms with Crippen molar-refractivity contribution in [3.8, 4) is 0 Å². The molecule has 1 saturated carbocycles. The van der Waals surface area contributed by atoms with Crippen LogP contribution in [0, 0.1) is 12.8 Å². The molecule has 0 saturated heterocycles. The number of benzene rings is 1. The molecule has 6 heteroatoms. The van der Waals surface area contributed by atoms with E-state index in [0.717, 1.165) is 29.4 Å². The standard InChI is InChI=1S/C16H19ClN4O/c1-12-2-6-15(7-3-12)21(16(22)8-17)11-14-10-20(19-18-14)9-13-4-5-13/h2-3,6-7,10,13H,4-5,8-9,11H2,1H3. The first-order valence-electron chi connectivity index (χ1n) is 7.47. The Hall–Kier alpha value is -1.88. The molecule has 1 aromatic carbocycles. The SMILES string of the molecule is Cc1ccc(N(Cc2cn(CC3CC3)nn2)C(=O)CCl)cc1. The molecule has 1 aromatic heterocycles. The number of rotatable bonds is 6. The smallest absolute Gasteiger partial charge is 0.242 e. The van der Waals surface area contributed by atoms with Crippen molar-refractivity contribution in [3.05, 3.63) is 41.7 Å². The molecule has 0 atom stereocenters. The van der Waals surface area contributed by atoms with Crippen LogP contribution >= 0.6 is 11.6 Å². The van der Waals surface area contributed by atoms with Gasteiger partial charge in [0.25, 0.3) is 0 Å². The lowest BCUT2D eigenvalue weighted by Gasteiger charge is -2.20. The van der Waals surface area contributed by atoms with Crippen LogP contribution in [0.25, 0.3) is 0 Å². The second-order valence-electron chi connectivity index (χ2n) is 5.82. The highest BCUT2D eigenvalue weighted by atomic mass is 35.5. The predicted molar refractivity (Wildman–Crippen MR) is 85.8 cm³/mol. The van der Waals surface area contributed by atoms with E-state index in [-0.39, 0.29) is 11.8 Å². The van der Waals surface area contributed by atoms with Crippen molar-refractivity contribution < 1.29 is 4.79 Å². The zero-order valence-electron chi connectivity index (χ0n) is 12.6. The maximum absolute atomic E-state index is 12.1. The number of amides is 1. The zero-order chi connectivity index (χ0) is 15.5. The lowest BCUT2D eigenvalue weighted by atomic mass is 10.2. The van der Waals surface area contributed by atoms with Gasteiger partial charge in [0.1, 0.15) is 11.6 Å². The van der Waals surface area contributed by atoms with Crippen molar-refractivity contribution in [2.45, 2.75) is 32.9 Å². The molecule has 3 rings (SSSR count). The van der Waals surface area contributed by atoms with E-state index in [2.05, 4.69) is 10.3 Å². The Morgan fingerprint density at radius 3 is 2.73 bits per heavy atom. The number of carbonyl (C=O) groups excluding carboxylic acids is 1. The average Bonchev–Trinajstić information content (AvgIpc) is 3.23. The highest BCUT2D eigenvalue weighted by Crippen LogP contribution is 2.30. The lowest BCUT2D eigenvalue weighted by molar-refractivity contribution is -0.116. The molecule has 0 radical (unpaired) electrons. The third-order valence-corrected chi connectivity index (χ3v) is 4.04. The van der Waals surface area contributed by atoms with Crippen molar-refractivity contribution in [3.63, 3.8) is 0 Å². The van der Waals surface area contributed by atoms with Crippen LogP contribution < -0.4 is 4.90 Å². The van der Waals surface area contributed by atoms with Crippen LogP contribution in [-0.2, 0) is 17.9 Å². The normalized spacial score (nSPS) is 14.1. The summed E-state index contributed by atoms with van der Waals surface area (Å²) in [6.45, 7) is 3.32. The molecule has 5 nitrogen and oxygen atoms in total. The van der Waals surface area contributed by atoms with Gasteiger partial charge in [0.15, 0.2) is 0 Å². The van der Waals surface area contributed by atoms with E-state index in [1.165, 1.54) is 12.8 Å². The molecule has 0 spiro atoms. The molecule has 1 amide bonds. The second kappa shape index (κ2) is 6.48. The van der Waals surface area contributed by atoms with E-state index in [9.17, 15) is 4.79 Å². The summed E-state index contributed by atoms with van der Waals surface area (Å²) in [6.07, 6.45) is 4.46. The Labute approximate surface area is 134 Å². The molecule has 1 aliphatic carbocycles. The number of hydrogen-bond donors (Lipinski definition) is 0. The molecular weight excluding hydrogens is 300 g/mol. The van der Waals surface area contributed by atoms with Crippen LogP contribution in [0.4, 0.5) is 5.69 Å². The topological polar surface area (TPSA) is 51.0 Å². The highest BCUT2D eigenvalue weighted by molar-refractivity contribution is 6.29. The third-order valence-electron chi connectivity index (χ3n) is 3.81. The van der Waals surface area contributed by atoms with Gasteiger partial charge in [-0.25, -0.2) is 0 Å². The average molecular weight is 319 g/mol. The summed E-state index contributed by atoms with van der Waals surface area (Å²) in [4.78, 5) is 13.8. The molecule has 2 aromatic rings. The molecule has 0 aliphatic heterocycles. The number of anilines is 1. The molecule has 0 unspecified atom stereocenters. The van der Waals surface area contributed by atoms with Crippen molar-refractivity contribution >= 4 is 23.2 Å². The molecule has 22 heavy (non-hydrogen) atoms. The number of alkyl halides is 1. The van der Waals surface area contributed by atoms with Gasteiger partial charge in [-0.3, -0.25) is 9.48 Å². The Kier molecular flexibility index (Phi) is 4.43. The summed E-state index contributed by atoms with van der Waals surface area (Å²) in [5, 5.41) is 8.31. The van der Waals surface area contributed by atoms with E-state index >= 15 is 0 Å². The molecule has 0 N–H and O–H groups in total. The predicted octanol–water partition coefficient (Wildman–Crippen LogP) is 2.77. The number of aromatic nitrogens is 3. The molecule has 116 valence electrons. The molecule has 1 heterocycles. The van der Waals surface area contributed by atoms with Gasteiger partial charge in [-0.1, -0.05) is 22.9 Å². The number of nitrogens with zero attached hydrogens (tertiary/aromatic N) is 4. The monoisotopic (exact) mass is 318 g/mol. The lowest BCUT2D eigenvalue weighted by Crippen LogP contribution is -2.31. The quantitative estimate of drug-likeness (QED) is 0.770. The van der Waals surface area contributed by atoms with Crippen molar-refractivity contribution in [1.29, 1.82) is 0 Å². The van der Waals surface area contributed by atoms with E-state index in [4.69, 9.17) is 11.6 Å². The summed E-state index contributed by atoms with van der Waals surface area (Å²) in [5.74, 6) is 0.555. The van der Waals surface area contributed by atoms with E-state index in [1.54, 1.807) is 4.90 Å². The van der Waals surface area contributed by atoms with Crippen LogP contribution in [0.2, 0.25) is 0 Å². The fourth-order valence-electron chi connectivity index (χ4n) is 2.35. The van der Waals surface area contributed by atoms with Crippen LogP contribution in [0.15, 0.2) is 30.5 Å². The van der Waals surface area contributed by atoms with E-state index in [0.29, 0.717) is 6.54 Å². The molecule has 1 aliphatic rings. The minimum Gasteiger partial charge on any atom is -0.305 e. The Morgan fingerprint density at radius 1 is 1.36 bits per heavy atom. The van der Waals surface area contributed by atoms with Gasteiger partial charge in [-0.2, -0.15) is 0 Å². The van der Waals surface area contributed by atoms with Gasteiger partial charge in [-0.05, 0) is 37.8 Å². The Bertz CT molecular complexity index is 648. The maximum atomic E-state index is 12.1. The van der Waals surface area contributed by atoms with Gasteiger partial charge < -0.3 is 4.90 Å². The fourth-order valence-corrected chi connectivity index (χ4v) is 2.49. The molecular formula is C16H19ClN4O. The van der Waals surface area contributed by atoms with Crippen LogP contribution in [-0.4, -0.2) is 26.8 Å². The summed E-state index contributed by atoms with van der Waals surface area (Å²) < 4.78 is 1.87. The largest absolute Gasteiger partial charge is 0.305 e. The Morgan fingerprint density at radius 2 is 2.09 bits per heavy atom. The fraction of sp³-hybridized carbons (Fsp3) is 0.438. The van der Waals surface area contributed by atoms with Crippen molar-refractivity contribution in [1.82, 2.24) is 15.0 Å². The van der Waals surface area contributed by atoms with Crippen LogP contribution in [0.1, 0.15) is 24.1 Å². The van der Waals surface area contributed by atoms with Crippen LogP contribution in [0.3, 0.4) is 0 Å². The van der Waals surface area contributed by atoms with E-state index in [1.807, 2.05) is 42.1 Å². The number of hydrogen-bond acceptors (Lipinski definition) is 3. The minimum atomic E-state index is -0.137. The minimum absolute atomic E-state index is 0.0515. The highest BCUT2D eigenvalue weighted by Gasteiger charge is 2.23. The number of halogens is 1. The molecule has 0 bridgehead atoms. The van der Waals surface area contributed by atoms with Gasteiger partial charge in [0, 0.05) is 12.2 Å². The number of aryl methyl sites for hydroxylation is 1. The summed E-state index contributed by atoms with van der Waals surface area (Å²) in [7, 11) is 0. The maximum Gasteiger partial charge on any atom is 0.242 e. The first kappa shape index (κ1) is 15.0. The first-order valence-corrected chi connectivity index (χ1v) is 8.01. The Balaban J connectivity index is 1.75. The van der Waals surface area contributed by atoms with Gasteiger partial charge >= 0.3 is 0 Å². The van der Waals surface area contributed by atoms with Crippen LogP contribution in [0.5, 0.6) is 0 Å². The molecule has 1 fully saturated rings. The number of carbonyl (C=O) groups is 1. The summed E-state index contributed by atoms with van der Waals surface area (Å²) in [6, 6.07) is 7.81. The zero-order valence-corrected chi connectivity index (χ0v) is 13.3. The van der Waals surface area contributed by atoms with Gasteiger partial charge in [0.05, 0.1) is 12.7 Å². The summed E-state index contributed by atoms with van der Waals surface area (Å²) >= 11 is 5.74. The second-order valence-corrected chi connectivity index (χ2v) is 6.09. The first-order chi connectivity index (χ1) is 10.7.